The molecule has 0 unspecified atom stereocenters. The Morgan fingerprint density at radius 1 is 0.929 bits per heavy atom. The predicted octanol–water partition coefficient (Wildman–Crippen LogP) is -1.37. The van der Waals surface area contributed by atoms with Gasteiger partial charge >= 0.3 is 80.9 Å². The van der Waals surface area contributed by atoms with E-state index < -0.39 is 11.4 Å². The van der Waals surface area contributed by atoms with Gasteiger partial charge in [0.15, 0.2) is 11.6 Å². The van der Waals surface area contributed by atoms with Crippen molar-refractivity contribution >= 4 is 104 Å². The number of hydrogen-bond donors (Lipinski definition) is 2. The molecule has 1 aliphatic rings. The summed E-state index contributed by atoms with van der Waals surface area (Å²) >= 11 is -2.61. The summed E-state index contributed by atoms with van der Waals surface area (Å²) in [6, 6.07) is 0. The molecule has 8 heteroatoms. The van der Waals surface area contributed by atoms with E-state index in [2.05, 4.69) is 0 Å². The van der Waals surface area contributed by atoms with E-state index in [4.69, 9.17) is 13.3 Å². The second kappa shape index (κ2) is 12.6. The van der Waals surface area contributed by atoms with Gasteiger partial charge in [-0.1, -0.05) is 0 Å². The van der Waals surface area contributed by atoms with Gasteiger partial charge in [-0.3, -0.25) is 18.7 Å². The predicted molar refractivity (Wildman–Crippen MR) is 56.0 cm³/mol. The van der Waals surface area contributed by atoms with E-state index in [1.165, 1.54) is 24.3 Å². The van der Waals surface area contributed by atoms with Crippen molar-refractivity contribution < 1.29 is 22.9 Å². The summed E-state index contributed by atoms with van der Waals surface area (Å²) in [5.74, 6) is -0.241. The van der Waals surface area contributed by atoms with Crippen molar-refractivity contribution in [2.45, 2.75) is 0 Å². The van der Waals surface area contributed by atoms with Crippen molar-refractivity contribution in [1.82, 2.24) is 0 Å². The Kier molecular flexibility index (Phi) is 18.8. The molecule has 0 fully saturated rings. The van der Waals surface area contributed by atoms with Gasteiger partial charge in [0.2, 0.25) is 0 Å². The quantitative estimate of drug-likeness (QED) is 0.316. The van der Waals surface area contributed by atoms with Crippen LogP contribution in [0.1, 0.15) is 0 Å². The molecule has 0 spiro atoms. The number of rotatable bonds is 0. The first kappa shape index (κ1) is 20.9. The topological polar surface area (TPSA) is 91.7 Å². The second-order valence-corrected chi connectivity index (χ2v) is 2.16. The Hall–Kier alpha value is 1.53. The standard InChI is InChI=1S/C6H4O2.K.Na.H2O3S.2H/c7-5-1-2-6(8)4-3-5;;;1-4(2)3;;/h1-4H;;;(H2,1,2,3);;. The molecule has 0 amide bonds. The fourth-order valence-corrected chi connectivity index (χ4v) is 0.440. The number of carbonyl (C=O) groups is 2. The van der Waals surface area contributed by atoms with Crippen molar-refractivity contribution in [3.05, 3.63) is 24.3 Å². The van der Waals surface area contributed by atoms with Crippen LogP contribution in [0.3, 0.4) is 0 Å². The number of carbonyl (C=O) groups excluding carboxylic acids is 2. The van der Waals surface area contributed by atoms with Gasteiger partial charge < -0.3 is 0 Å². The molecule has 70 valence electrons. The van der Waals surface area contributed by atoms with Crippen LogP contribution in [0.15, 0.2) is 24.3 Å². The summed E-state index contributed by atoms with van der Waals surface area (Å²) in [5, 5.41) is 0. The van der Waals surface area contributed by atoms with Crippen LogP contribution in [0.5, 0.6) is 0 Å². The normalized spacial score (nSPS) is 12.5. The van der Waals surface area contributed by atoms with Crippen LogP contribution in [-0.2, 0) is 21.0 Å². The number of allylic oxidation sites excluding steroid dienone is 4. The third kappa shape index (κ3) is 16.0. The Bertz CT molecular complexity index is 233. The molecule has 5 nitrogen and oxygen atoms in total. The Morgan fingerprint density at radius 3 is 1.21 bits per heavy atom. The van der Waals surface area contributed by atoms with E-state index in [-0.39, 0.29) is 92.5 Å². The van der Waals surface area contributed by atoms with Crippen molar-refractivity contribution in [2.75, 3.05) is 0 Å². The first-order valence-electron chi connectivity index (χ1n) is 2.76. The molecule has 14 heavy (non-hydrogen) atoms. The number of hydrogen-bond acceptors (Lipinski definition) is 3. The molecule has 1 rings (SSSR count). The van der Waals surface area contributed by atoms with Gasteiger partial charge in [0.05, 0.1) is 0 Å². The second-order valence-electron chi connectivity index (χ2n) is 1.70. The maximum atomic E-state index is 10.3. The van der Waals surface area contributed by atoms with E-state index >= 15 is 0 Å². The maximum absolute atomic E-state index is 10.3. The summed E-state index contributed by atoms with van der Waals surface area (Å²) in [4.78, 5) is 20.6. The van der Waals surface area contributed by atoms with Crippen molar-refractivity contribution in [1.29, 1.82) is 0 Å². The SMILES string of the molecule is O=C1C=CC(=O)C=C1.O=S(O)O.[KH].[NaH]. The molecule has 0 bridgehead atoms. The Balaban J connectivity index is -0.000000180. The molecule has 0 radical (unpaired) electrons. The van der Waals surface area contributed by atoms with Gasteiger partial charge in [0.1, 0.15) is 0 Å². The monoisotopic (exact) mass is 254 g/mol. The van der Waals surface area contributed by atoms with Crippen LogP contribution >= 0.6 is 0 Å². The Morgan fingerprint density at radius 2 is 1.07 bits per heavy atom. The number of ketones is 2. The van der Waals surface area contributed by atoms with Gasteiger partial charge in [-0.05, 0) is 24.3 Å². The summed E-state index contributed by atoms with van der Waals surface area (Å²) in [5.41, 5.74) is 0. The first-order valence-corrected chi connectivity index (χ1v) is 3.83. The van der Waals surface area contributed by atoms with Gasteiger partial charge in [0.25, 0.3) is 11.4 Å². The van der Waals surface area contributed by atoms with E-state index in [0.717, 1.165) is 0 Å². The van der Waals surface area contributed by atoms with Gasteiger partial charge in [-0.25, -0.2) is 0 Å². The average molecular weight is 254 g/mol. The molecule has 0 saturated carbocycles. The molecule has 0 aromatic carbocycles. The summed E-state index contributed by atoms with van der Waals surface area (Å²) in [7, 11) is 0. The van der Waals surface area contributed by atoms with E-state index in [1.807, 2.05) is 0 Å². The molecule has 0 aromatic heterocycles. The summed E-state index contributed by atoms with van der Waals surface area (Å²) in [6.45, 7) is 0. The van der Waals surface area contributed by atoms with Crippen LogP contribution < -0.4 is 0 Å². The minimum atomic E-state index is -2.61. The van der Waals surface area contributed by atoms with Crippen LogP contribution in [0.4, 0.5) is 0 Å². The van der Waals surface area contributed by atoms with Crippen molar-refractivity contribution in [3.8, 4) is 0 Å². The molecule has 1 aliphatic carbocycles. The van der Waals surface area contributed by atoms with Crippen molar-refractivity contribution in [2.24, 2.45) is 0 Å². The van der Waals surface area contributed by atoms with Gasteiger partial charge in [-0.2, -0.15) is 4.21 Å². The van der Waals surface area contributed by atoms with Crippen molar-refractivity contribution in [3.63, 3.8) is 0 Å². The molecular formula is C6H8KNaO5S. The third-order valence-electron chi connectivity index (χ3n) is 0.824. The fraction of sp³-hybridized carbons (Fsp3) is 0. The van der Waals surface area contributed by atoms with E-state index in [9.17, 15) is 9.59 Å². The first-order chi connectivity index (χ1) is 5.52. The van der Waals surface area contributed by atoms with Gasteiger partial charge in [0, 0.05) is 0 Å². The van der Waals surface area contributed by atoms with Crippen LogP contribution in [0, 0.1) is 0 Å². The molecule has 0 aromatic rings. The zero-order valence-corrected chi connectivity index (χ0v) is 6.65. The van der Waals surface area contributed by atoms with E-state index in [0.29, 0.717) is 0 Å². The third-order valence-corrected chi connectivity index (χ3v) is 0.824. The average Bonchev–Trinajstić information content (AvgIpc) is 1.94. The summed E-state index contributed by atoms with van der Waals surface area (Å²) < 4.78 is 22.8. The molecule has 0 saturated heterocycles. The molecule has 0 atom stereocenters. The van der Waals surface area contributed by atoms with Crippen LogP contribution in [0.25, 0.3) is 0 Å². The zero-order chi connectivity index (χ0) is 9.56. The van der Waals surface area contributed by atoms with Crippen LogP contribution in [-0.4, -0.2) is 106 Å². The molecular weight excluding hydrogens is 246 g/mol. The fourth-order valence-electron chi connectivity index (χ4n) is 0.440. The molecule has 0 heterocycles. The zero-order valence-electron chi connectivity index (χ0n) is 5.84. The molecule has 2 N–H and O–H groups in total. The van der Waals surface area contributed by atoms with Crippen LogP contribution in [0.2, 0.25) is 0 Å². The van der Waals surface area contributed by atoms with Gasteiger partial charge in [-0.15, -0.1) is 0 Å². The molecule has 0 aliphatic heterocycles. The minimum absolute atomic E-state index is 0. The Labute approximate surface area is 148 Å². The summed E-state index contributed by atoms with van der Waals surface area (Å²) in [6.07, 6.45) is 5.01. The van der Waals surface area contributed by atoms with E-state index in [1.54, 1.807) is 0 Å².